The Morgan fingerprint density at radius 3 is 2.19 bits per heavy atom. The highest BCUT2D eigenvalue weighted by Gasteiger charge is 2.46. The molecule has 1 unspecified atom stereocenters. The van der Waals surface area contributed by atoms with Crippen LogP contribution >= 0.6 is 11.3 Å². The molecule has 0 radical (unpaired) electrons. The van der Waals surface area contributed by atoms with Gasteiger partial charge in [0.05, 0.1) is 22.2 Å². The number of benzene rings is 1. The number of carbonyl (C=O) groups is 8. The number of hydrogen-bond donors (Lipinski definition) is 7. The molecule has 69 heavy (non-hydrogen) atoms. The zero-order valence-electron chi connectivity index (χ0n) is 40.9. The van der Waals surface area contributed by atoms with E-state index in [9.17, 15) is 43.5 Å². The van der Waals surface area contributed by atoms with E-state index in [1.165, 1.54) is 16.7 Å². The van der Waals surface area contributed by atoms with Crippen LogP contribution in [0.25, 0.3) is 10.4 Å². The van der Waals surface area contributed by atoms with Crippen LogP contribution in [-0.4, -0.2) is 141 Å². The molecule has 9 N–H and O–H groups in total. The van der Waals surface area contributed by atoms with Crippen LogP contribution in [0, 0.1) is 12.3 Å². The minimum atomic E-state index is -1.03. The van der Waals surface area contributed by atoms with E-state index in [2.05, 4.69) is 26.3 Å². The molecular weight excluding hydrogens is 905 g/mol. The van der Waals surface area contributed by atoms with Gasteiger partial charge in [0.15, 0.2) is 0 Å². The Balaban J connectivity index is 0.989. The Hall–Kier alpha value is -5.47. The lowest BCUT2D eigenvalue weighted by Crippen LogP contribution is -2.60. The Morgan fingerprint density at radius 1 is 0.870 bits per heavy atom. The molecule has 1 aromatic carbocycles. The highest BCUT2D eigenvalue weighted by molar-refractivity contribution is 7.13. The van der Waals surface area contributed by atoms with Gasteiger partial charge in [-0.25, -0.2) is 4.98 Å². The quantitative estimate of drug-likeness (QED) is 0.0840. The molecule has 8 amide bonds. The average Bonchev–Trinajstić information content (AvgIpc) is 4.04. The van der Waals surface area contributed by atoms with Gasteiger partial charge >= 0.3 is 0 Å². The van der Waals surface area contributed by atoms with E-state index in [1.807, 2.05) is 52.0 Å². The molecule has 3 fully saturated rings. The van der Waals surface area contributed by atoms with Crippen molar-refractivity contribution in [2.45, 2.75) is 173 Å². The Morgan fingerprint density at radius 2 is 1.55 bits per heavy atom. The predicted molar refractivity (Wildman–Crippen MR) is 260 cm³/mol. The second-order valence-electron chi connectivity index (χ2n) is 19.9. The summed E-state index contributed by atoms with van der Waals surface area (Å²) in [6.07, 6.45) is 6.47. The molecule has 380 valence electrons. The first-order valence-corrected chi connectivity index (χ1v) is 25.4. The predicted octanol–water partition coefficient (Wildman–Crippen LogP) is 2.15. The minimum Gasteiger partial charge on any atom is -0.391 e. The lowest BCUT2D eigenvalue weighted by atomic mass is 9.85. The summed E-state index contributed by atoms with van der Waals surface area (Å²) >= 11 is 1.57. The van der Waals surface area contributed by atoms with Gasteiger partial charge in [-0.05, 0) is 62.0 Å². The topological polar surface area (TPSA) is 280 Å². The van der Waals surface area contributed by atoms with E-state index in [4.69, 9.17) is 11.5 Å². The molecule has 5 rings (SSSR count). The number of aryl methyl sites for hydroxylation is 1. The zero-order chi connectivity index (χ0) is 50.4. The lowest BCUT2D eigenvalue weighted by molar-refractivity contribution is -0.144. The van der Waals surface area contributed by atoms with Crippen LogP contribution in [0.1, 0.15) is 129 Å². The number of nitrogens with zero attached hydrogens (tertiary/aromatic N) is 4. The summed E-state index contributed by atoms with van der Waals surface area (Å²) in [6.45, 7) is 10.1. The van der Waals surface area contributed by atoms with E-state index in [-0.39, 0.29) is 69.1 Å². The molecule has 0 bridgehead atoms. The number of amides is 8. The highest BCUT2D eigenvalue weighted by atomic mass is 32.1. The van der Waals surface area contributed by atoms with Crippen molar-refractivity contribution in [1.29, 1.82) is 0 Å². The first-order chi connectivity index (χ1) is 32.7. The van der Waals surface area contributed by atoms with Gasteiger partial charge in [-0.15, -0.1) is 11.3 Å². The van der Waals surface area contributed by atoms with Crippen LogP contribution < -0.4 is 32.7 Å². The number of nitrogens with one attached hydrogen (secondary N) is 4. The normalized spacial score (nSPS) is 21.4. The third kappa shape index (κ3) is 15.5. The van der Waals surface area contributed by atoms with Gasteiger partial charge in [0.25, 0.3) is 0 Å². The minimum absolute atomic E-state index is 0.00322. The fourth-order valence-corrected chi connectivity index (χ4v) is 10.2. The van der Waals surface area contributed by atoms with Gasteiger partial charge < -0.3 is 52.5 Å². The van der Waals surface area contributed by atoms with E-state index in [1.54, 1.807) is 21.7 Å². The highest BCUT2D eigenvalue weighted by Crippen LogP contribution is 2.31. The first kappa shape index (κ1) is 54.5. The molecule has 20 heteroatoms. The fourth-order valence-electron chi connectivity index (χ4n) is 9.41. The molecule has 0 saturated carbocycles. The number of nitrogens with two attached hydrogens (primary N) is 2. The van der Waals surface area contributed by atoms with Crippen molar-refractivity contribution in [3.63, 3.8) is 0 Å². The Bertz CT molecular complexity index is 2130. The number of β-amino-alcohol motifs (C(OH)–C–C–N with tert-alkyl or cyclic N) is 1. The van der Waals surface area contributed by atoms with Crippen LogP contribution in [0.2, 0.25) is 0 Å². The monoisotopic (exact) mass is 979 g/mol. The fraction of sp³-hybridized carbons (Fsp3) is 0.653. The molecule has 4 heterocycles. The van der Waals surface area contributed by atoms with Gasteiger partial charge in [0.2, 0.25) is 47.3 Å². The summed E-state index contributed by atoms with van der Waals surface area (Å²) < 4.78 is 0. The number of aromatic nitrogens is 1. The van der Waals surface area contributed by atoms with Crippen molar-refractivity contribution in [1.82, 2.24) is 41.0 Å². The molecule has 3 aliphatic heterocycles. The molecule has 19 nitrogen and oxygen atoms in total. The largest absolute Gasteiger partial charge is 0.391 e. The number of hydrogen-bond acceptors (Lipinski definition) is 12. The summed E-state index contributed by atoms with van der Waals surface area (Å²) in [7, 11) is 0. The van der Waals surface area contributed by atoms with E-state index >= 15 is 0 Å². The number of likely N-dealkylation sites (tertiary alicyclic amines) is 1. The van der Waals surface area contributed by atoms with Crippen molar-refractivity contribution in [3.8, 4) is 10.4 Å². The summed E-state index contributed by atoms with van der Waals surface area (Å²) in [5, 5.41) is 22.1. The molecule has 2 aromatic rings. The van der Waals surface area contributed by atoms with Gasteiger partial charge in [-0.2, -0.15) is 0 Å². The number of aliphatic hydroxyl groups excluding tert-OH is 1. The smallest absolute Gasteiger partial charge is 0.246 e. The van der Waals surface area contributed by atoms with Crippen molar-refractivity contribution in [2.24, 2.45) is 16.9 Å². The van der Waals surface area contributed by atoms with Crippen LogP contribution in [-0.2, 0) is 44.9 Å². The van der Waals surface area contributed by atoms with Gasteiger partial charge in [0.1, 0.15) is 30.2 Å². The van der Waals surface area contributed by atoms with Gasteiger partial charge in [-0.3, -0.25) is 38.4 Å². The van der Waals surface area contributed by atoms with Crippen molar-refractivity contribution in [2.75, 3.05) is 26.2 Å². The number of thiazole rings is 1. The lowest BCUT2D eigenvalue weighted by Gasteiger charge is -2.37. The maximum atomic E-state index is 14.0. The number of aliphatic hydroxyl groups is 1. The van der Waals surface area contributed by atoms with Crippen molar-refractivity contribution >= 4 is 58.6 Å². The number of fused-ring (bicyclic) bond motifs is 1. The maximum Gasteiger partial charge on any atom is 0.246 e. The maximum absolute atomic E-state index is 14.0. The van der Waals surface area contributed by atoms with Crippen LogP contribution in [0.4, 0.5) is 0 Å². The Labute approximate surface area is 409 Å². The van der Waals surface area contributed by atoms with Crippen molar-refractivity contribution in [3.05, 3.63) is 41.0 Å². The van der Waals surface area contributed by atoms with Crippen LogP contribution in [0.3, 0.4) is 0 Å². The van der Waals surface area contributed by atoms with E-state index < -0.39 is 71.3 Å². The second-order valence-corrected chi connectivity index (χ2v) is 20.7. The number of primary amides is 1. The molecule has 7 atom stereocenters. The third-order valence-corrected chi connectivity index (χ3v) is 14.4. The number of unbranched alkanes of at least 4 members (excludes halogenated alkanes) is 6. The average molecular weight is 979 g/mol. The Kier molecular flexibility index (Phi) is 20.1. The standard InChI is InChI=1S/C49H74N10O9S/c1-30-42(69-29-54-30)33-16-14-32(15-17-33)26-53-45(65)39-25-35(61)27-58(39)48(68)43(49(3,4)5)56-41(63)13-11-9-7-6-8-10-12-23-52-44(64)37(19-21-40(51)62)55-46(66)38-20-18-34-22-24-57(31(2)60)28-36(50)47(67)59(34)38/h14-17,29,34-39,43,61H,6-13,18-28,50H2,1-5H3,(H2,51,62)(H,52,64)(H,53,65)(H,55,66)(H,56,63)/t34-,35-,36+,37+,38+,39+,43?/m1/s1. The second kappa shape index (κ2) is 25.4. The molecular formula is C49H74N10O9S. The summed E-state index contributed by atoms with van der Waals surface area (Å²) in [5.41, 5.74) is 15.6. The molecule has 0 spiro atoms. The van der Waals surface area contributed by atoms with Crippen LogP contribution in [0.5, 0.6) is 0 Å². The SMILES string of the molecule is CC(=O)N1CC[C@H]2CC[C@@H](C(=O)N[C@@H](CCC(N)=O)C(=O)NCCCCCCCCCC(=O)NC(C(=O)N3C[C@H](O)C[C@H]3C(=O)NCc3ccc(-c4scnc4C)cc3)C(C)(C)C)N2C(=O)[C@@H](N)C1. The van der Waals surface area contributed by atoms with E-state index in [0.717, 1.165) is 53.8 Å². The molecule has 3 saturated heterocycles. The van der Waals surface area contributed by atoms with Gasteiger partial charge in [-0.1, -0.05) is 77.1 Å². The summed E-state index contributed by atoms with van der Waals surface area (Å²) in [5.74, 6) is -3.16. The number of carbonyl (C=O) groups excluding carboxylic acids is 8. The van der Waals surface area contributed by atoms with E-state index in [0.29, 0.717) is 45.2 Å². The number of rotatable bonds is 22. The zero-order valence-corrected chi connectivity index (χ0v) is 41.7. The van der Waals surface area contributed by atoms with Crippen LogP contribution in [0.15, 0.2) is 29.8 Å². The summed E-state index contributed by atoms with van der Waals surface area (Å²) in [6, 6.07) is 2.98. The molecule has 3 aliphatic rings. The van der Waals surface area contributed by atoms with Crippen molar-refractivity contribution < 1.29 is 43.5 Å². The first-order valence-electron chi connectivity index (χ1n) is 24.5. The third-order valence-electron chi connectivity index (χ3n) is 13.4. The molecule has 1 aromatic heterocycles. The summed E-state index contributed by atoms with van der Waals surface area (Å²) in [4.78, 5) is 114. The van der Waals surface area contributed by atoms with Gasteiger partial charge in [0, 0.05) is 65.0 Å². The molecule has 0 aliphatic carbocycles.